The number of halogens is 1. The highest BCUT2D eigenvalue weighted by Crippen LogP contribution is 2.19. The van der Waals surface area contributed by atoms with Gasteiger partial charge in [-0.3, -0.25) is 4.79 Å². The first-order valence-electron chi connectivity index (χ1n) is 5.45. The minimum absolute atomic E-state index is 0.310. The fraction of sp³-hybridized carbons (Fsp3) is 0.364. The van der Waals surface area contributed by atoms with Crippen LogP contribution in [0, 0.1) is 6.92 Å². The third kappa shape index (κ3) is 4.90. The van der Waals surface area contributed by atoms with E-state index < -0.39 is 16.1 Å². The second-order valence-corrected chi connectivity index (χ2v) is 7.00. The van der Waals surface area contributed by atoms with E-state index in [1.54, 1.807) is 12.1 Å². The smallest absolute Gasteiger partial charge is 0.279 e. The van der Waals surface area contributed by atoms with Crippen molar-refractivity contribution in [1.82, 2.24) is 9.03 Å². The van der Waals surface area contributed by atoms with Crippen molar-refractivity contribution < 1.29 is 13.2 Å². The van der Waals surface area contributed by atoms with Crippen LogP contribution in [0.3, 0.4) is 0 Å². The molecule has 0 fully saturated rings. The summed E-state index contributed by atoms with van der Waals surface area (Å²) in [6.45, 7) is 1.54. The Morgan fingerprint density at radius 1 is 1.37 bits per heavy atom. The highest BCUT2D eigenvalue weighted by atomic mass is 79.9. The molecule has 8 heteroatoms. The number of carbonyl (C=O) groups is 1. The fourth-order valence-electron chi connectivity index (χ4n) is 1.25. The van der Waals surface area contributed by atoms with Gasteiger partial charge in [0.2, 0.25) is 5.91 Å². The van der Waals surface area contributed by atoms with E-state index in [1.165, 1.54) is 14.1 Å². The lowest BCUT2D eigenvalue weighted by molar-refractivity contribution is -0.115. The van der Waals surface area contributed by atoms with Crippen molar-refractivity contribution in [2.45, 2.75) is 6.92 Å². The predicted octanol–water partition coefficient (Wildman–Crippen LogP) is 1.09. The minimum Gasteiger partial charge on any atom is -0.325 e. The van der Waals surface area contributed by atoms with Gasteiger partial charge in [0.25, 0.3) is 10.2 Å². The molecular weight excluding hydrogens is 334 g/mol. The summed E-state index contributed by atoms with van der Waals surface area (Å²) in [5, 5.41) is 2.64. The van der Waals surface area contributed by atoms with Gasteiger partial charge < -0.3 is 5.32 Å². The highest BCUT2D eigenvalue weighted by Gasteiger charge is 2.14. The van der Waals surface area contributed by atoms with Crippen LogP contribution in [0.25, 0.3) is 0 Å². The molecule has 0 saturated heterocycles. The first-order valence-corrected chi connectivity index (χ1v) is 7.69. The molecule has 2 N–H and O–H groups in total. The molecule has 6 nitrogen and oxygen atoms in total. The molecule has 1 aromatic rings. The number of hydrogen-bond acceptors (Lipinski definition) is 3. The largest absolute Gasteiger partial charge is 0.325 e. The van der Waals surface area contributed by atoms with Crippen LogP contribution in [0.1, 0.15) is 5.56 Å². The first-order chi connectivity index (χ1) is 8.72. The zero-order valence-corrected chi connectivity index (χ0v) is 13.3. The van der Waals surface area contributed by atoms with E-state index in [-0.39, 0.29) is 6.54 Å². The Labute approximate surface area is 121 Å². The number of aryl methyl sites for hydroxylation is 1. The second kappa shape index (κ2) is 6.47. The number of anilines is 1. The summed E-state index contributed by atoms with van der Waals surface area (Å²) in [5.41, 5.74) is 1.54. The van der Waals surface area contributed by atoms with Crippen molar-refractivity contribution in [3.8, 4) is 0 Å². The van der Waals surface area contributed by atoms with Gasteiger partial charge in [0.05, 0.1) is 6.54 Å². The molecule has 0 aromatic heterocycles. The van der Waals surface area contributed by atoms with Crippen LogP contribution < -0.4 is 10.0 Å². The van der Waals surface area contributed by atoms with Crippen LogP contribution in [0.4, 0.5) is 5.69 Å². The Kier molecular flexibility index (Phi) is 5.48. The monoisotopic (exact) mass is 349 g/mol. The number of rotatable bonds is 5. The summed E-state index contributed by atoms with van der Waals surface area (Å²) in [7, 11) is -0.811. The Hall–Kier alpha value is -0.960. The van der Waals surface area contributed by atoms with Gasteiger partial charge in [0.1, 0.15) is 0 Å². The number of hydrogen-bond donors (Lipinski definition) is 2. The maximum absolute atomic E-state index is 11.7. The van der Waals surface area contributed by atoms with Crippen LogP contribution >= 0.6 is 15.9 Å². The van der Waals surface area contributed by atoms with E-state index in [0.717, 1.165) is 14.3 Å². The fourth-order valence-corrected chi connectivity index (χ4v) is 2.29. The number of benzene rings is 1. The van der Waals surface area contributed by atoms with Crippen molar-refractivity contribution >= 4 is 37.7 Å². The summed E-state index contributed by atoms with van der Waals surface area (Å²) in [6.07, 6.45) is 0. The molecule has 1 amide bonds. The molecule has 106 valence electrons. The van der Waals surface area contributed by atoms with E-state index in [0.29, 0.717) is 5.69 Å². The molecule has 0 radical (unpaired) electrons. The van der Waals surface area contributed by atoms with Crippen molar-refractivity contribution in [2.24, 2.45) is 0 Å². The maximum Gasteiger partial charge on any atom is 0.279 e. The lowest BCUT2D eigenvalue weighted by atomic mass is 10.2. The molecule has 0 atom stereocenters. The molecule has 1 aromatic carbocycles. The molecule has 1 rings (SSSR count). The van der Waals surface area contributed by atoms with Crippen molar-refractivity contribution in [1.29, 1.82) is 0 Å². The van der Waals surface area contributed by atoms with E-state index >= 15 is 0 Å². The topological polar surface area (TPSA) is 78.5 Å². The third-order valence-corrected chi connectivity index (χ3v) is 4.32. The Morgan fingerprint density at radius 2 is 2.00 bits per heavy atom. The van der Waals surface area contributed by atoms with E-state index in [9.17, 15) is 13.2 Å². The van der Waals surface area contributed by atoms with Crippen molar-refractivity contribution in [2.75, 3.05) is 26.0 Å². The van der Waals surface area contributed by atoms with E-state index in [1.807, 2.05) is 13.0 Å². The Bertz CT molecular complexity index is 573. The first kappa shape index (κ1) is 16.1. The summed E-state index contributed by atoms with van der Waals surface area (Å²) in [4.78, 5) is 11.7. The highest BCUT2D eigenvalue weighted by molar-refractivity contribution is 9.10. The van der Waals surface area contributed by atoms with E-state index in [4.69, 9.17) is 0 Å². The molecule has 0 aliphatic carbocycles. The quantitative estimate of drug-likeness (QED) is 0.835. The van der Waals surface area contributed by atoms with Gasteiger partial charge in [0.15, 0.2) is 0 Å². The summed E-state index contributed by atoms with van der Waals surface area (Å²) >= 11 is 3.33. The molecule has 0 aliphatic rings. The van der Waals surface area contributed by atoms with Gasteiger partial charge in [-0.1, -0.05) is 15.9 Å². The van der Waals surface area contributed by atoms with Crippen LogP contribution in [0.2, 0.25) is 0 Å². The Balaban J connectivity index is 2.62. The second-order valence-electron chi connectivity index (χ2n) is 4.12. The molecule has 0 heterocycles. The number of amides is 1. The molecular formula is C11H16BrN3O3S. The van der Waals surface area contributed by atoms with Crippen LogP contribution in [0.15, 0.2) is 22.7 Å². The van der Waals surface area contributed by atoms with Gasteiger partial charge in [-0.25, -0.2) is 0 Å². The maximum atomic E-state index is 11.7. The van der Waals surface area contributed by atoms with Gasteiger partial charge in [-0.15, -0.1) is 0 Å². The molecule has 0 saturated carbocycles. The Morgan fingerprint density at radius 3 is 2.53 bits per heavy atom. The molecule has 0 spiro atoms. The zero-order chi connectivity index (χ0) is 14.6. The third-order valence-electron chi connectivity index (χ3n) is 2.36. The van der Waals surface area contributed by atoms with Crippen LogP contribution in [-0.4, -0.2) is 39.3 Å². The van der Waals surface area contributed by atoms with E-state index in [2.05, 4.69) is 26.0 Å². The predicted molar refractivity (Wildman–Crippen MR) is 78.1 cm³/mol. The van der Waals surface area contributed by atoms with Crippen molar-refractivity contribution in [3.05, 3.63) is 28.2 Å². The molecule has 0 bridgehead atoms. The summed E-state index contributed by atoms with van der Waals surface area (Å²) in [6, 6.07) is 5.41. The average Bonchev–Trinajstić information content (AvgIpc) is 2.30. The number of nitrogens with one attached hydrogen (secondary N) is 2. The van der Waals surface area contributed by atoms with Crippen LogP contribution in [-0.2, 0) is 15.0 Å². The van der Waals surface area contributed by atoms with Gasteiger partial charge in [-0.05, 0) is 30.7 Å². The lowest BCUT2D eigenvalue weighted by Gasteiger charge is -2.13. The standard InChI is InChI=1S/C11H16BrN3O3S/c1-8-6-9(12)4-5-10(8)14-11(16)7-13-19(17,18)15(2)3/h4-6,13H,7H2,1-3H3,(H,14,16). The zero-order valence-electron chi connectivity index (χ0n) is 10.9. The number of carbonyl (C=O) groups excluding carboxylic acids is 1. The lowest BCUT2D eigenvalue weighted by Crippen LogP contribution is -2.40. The van der Waals surface area contributed by atoms with Crippen LogP contribution in [0.5, 0.6) is 0 Å². The minimum atomic E-state index is -3.59. The van der Waals surface area contributed by atoms with Gasteiger partial charge in [0, 0.05) is 24.3 Å². The molecule has 0 aliphatic heterocycles. The van der Waals surface area contributed by atoms with Crippen molar-refractivity contribution in [3.63, 3.8) is 0 Å². The normalized spacial score (nSPS) is 11.6. The summed E-state index contributed by atoms with van der Waals surface area (Å²) < 4.78 is 27.0. The SMILES string of the molecule is Cc1cc(Br)ccc1NC(=O)CNS(=O)(=O)N(C)C. The number of nitrogens with zero attached hydrogens (tertiary/aromatic N) is 1. The molecule has 0 unspecified atom stereocenters. The molecule has 19 heavy (non-hydrogen) atoms. The summed E-state index contributed by atoms with van der Waals surface area (Å²) in [5.74, 6) is -0.421. The average molecular weight is 350 g/mol. The van der Waals surface area contributed by atoms with Gasteiger partial charge in [-0.2, -0.15) is 17.4 Å². The van der Waals surface area contributed by atoms with Gasteiger partial charge >= 0.3 is 0 Å².